The van der Waals surface area contributed by atoms with Gasteiger partial charge in [-0.25, -0.2) is 4.98 Å². The van der Waals surface area contributed by atoms with E-state index in [-0.39, 0.29) is 11.0 Å². The fraction of sp³-hybridized carbons (Fsp3) is 0.733. The molecule has 5 nitrogen and oxygen atoms in total. The van der Waals surface area contributed by atoms with Crippen molar-refractivity contribution in [1.82, 2.24) is 9.97 Å². The second-order valence-electron chi connectivity index (χ2n) is 6.48. The topological polar surface area (TPSA) is 56.3 Å². The molecule has 1 N–H and O–H groups in total. The lowest BCUT2D eigenvalue weighted by molar-refractivity contribution is 0.00505. The van der Waals surface area contributed by atoms with Crippen molar-refractivity contribution in [2.75, 3.05) is 26.1 Å². The van der Waals surface area contributed by atoms with Crippen molar-refractivity contribution in [3.8, 4) is 5.88 Å². The Hall–Kier alpha value is -1.36. The molecule has 0 spiro atoms. The van der Waals surface area contributed by atoms with Crippen molar-refractivity contribution in [2.24, 2.45) is 0 Å². The Morgan fingerprint density at radius 2 is 1.80 bits per heavy atom. The first-order valence-corrected chi connectivity index (χ1v) is 6.93. The summed E-state index contributed by atoms with van der Waals surface area (Å²) in [5, 5.41) is 3.04. The first-order chi connectivity index (χ1) is 9.18. The molecule has 0 aliphatic rings. The summed E-state index contributed by atoms with van der Waals surface area (Å²) in [5.41, 5.74) is -0.303. The van der Waals surface area contributed by atoms with Crippen LogP contribution in [-0.2, 0) is 10.2 Å². The predicted molar refractivity (Wildman–Crippen MR) is 81.5 cm³/mol. The van der Waals surface area contributed by atoms with Crippen molar-refractivity contribution in [1.29, 1.82) is 0 Å². The minimum Gasteiger partial charge on any atom is -0.477 e. The number of anilines is 1. The van der Waals surface area contributed by atoms with E-state index in [2.05, 4.69) is 36.1 Å². The second-order valence-corrected chi connectivity index (χ2v) is 6.48. The highest BCUT2D eigenvalue weighted by Crippen LogP contribution is 2.23. The van der Waals surface area contributed by atoms with Crippen LogP contribution in [0.4, 0.5) is 5.82 Å². The molecular weight excluding hydrogens is 254 g/mol. The zero-order chi connectivity index (χ0) is 15.4. The zero-order valence-electron chi connectivity index (χ0n) is 13.7. The Bertz CT molecular complexity index is 439. The molecule has 0 atom stereocenters. The number of aromatic nitrogens is 2. The molecule has 0 saturated heterocycles. The number of ether oxygens (including phenoxy) is 2. The number of methoxy groups -OCH3 is 1. The molecule has 20 heavy (non-hydrogen) atoms. The molecule has 0 unspecified atom stereocenters. The van der Waals surface area contributed by atoms with Gasteiger partial charge in [0.1, 0.15) is 11.6 Å². The number of nitrogens with one attached hydrogen (secondary N) is 1. The Labute approximate surface area is 122 Å². The van der Waals surface area contributed by atoms with Crippen LogP contribution in [0.3, 0.4) is 0 Å². The first-order valence-electron chi connectivity index (χ1n) is 6.93. The molecular formula is C15H27N3O2. The number of hydrogen-bond acceptors (Lipinski definition) is 5. The van der Waals surface area contributed by atoms with E-state index in [1.54, 1.807) is 7.11 Å². The summed E-state index contributed by atoms with van der Waals surface area (Å²) >= 11 is 0. The molecule has 0 radical (unpaired) electrons. The normalized spacial score (nSPS) is 12.3. The lowest BCUT2D eigenvalue weighted by Gasteiger charge is -2.23. The monoisotopic (exact) mass is 281 g/mol. The molecule has 1 aromatic heterocycles. The average molecular weight is 281 g/mol. The van der Waals surface area contributed by atoms with Crippen LogP contribution in [-0.4, -0.2) is 36.3 Å². The molecule has 0 fully saturated rings. The first kappa shape index (κ1) is 16.7. The molecule has 1 heterocycles. The largest absolute Gasteiger partial charge is 0.477 e. The van der Waals surface area contributed by atoms with Gasteiger partial charge < -0.3 is 14.8 Å². The van der Waals surface area contributed by atoms with Crippen LogP contribution >= 0.6 is 0 Å². The third-order valence-electron chi connectivity index (χ3n) is 3.14. The molecule has 0 saturated carbocycles. The molecule has 1 rings (SSSR count). The van der Waals surface area contributed by atoms with Gasteiger partial charge in [-0.05, 0) is 13.8 Å². The minimum atomic E-state index is -0.189. The van der Waals surface area contributed by atoms with Crippen LogP contribution < -0.4 is 10.1 Å². The Balaban J connectivity index is 2.80. The van der Waals surface area contributed by atoms with Gasteiger partial charge in [-0.1, -0.05) is 20.8 Å². The maximum Gasteiger partial charge on any atom is 0.218 e. The zero-order valence-corrected chi connectivity index (χ0v) is 13.7. The summed E-state index contributed by atoms with van der Waals surface area (Å²) in [6.07, 6.45) is 0.799. The van der Waals surface area contributed by atoms with Crippen molar-refractivity contribution in [3.05, 3.63) is 11.9 Å². The van der Waals surface area contributed by atoms with E-state index in [0.717, 1.165) is 18.1 Å². The highest BCUT2D eigenvalue weighted by atomic mass is 16.5. The third-order valence-corrected chi connectivity index (χ3v) is 3.14. The van der Waals surface area contributed by atoms with Crippen molar-refractivity contribution in [3.63, 3.8) is 0 Å². The van der Waals surface area contributed by atoms with Crippen LogP contribution in [0.2, 0.25) is 0 Å². The molecule has 0 aliphatic carbocycles. The third kappa shape index (κ3) is 4.96. The van der Waals surface area contributed by atoms with E-state index >= 15 is 0 Å². The van der Waals surface area contributed by atoms with Crippen LogP contribution in [0.1, 0.15) is 46.9 Å². The van der Waals surface area contributed by atoms with Crippen molar-refractivity contribution < 1.29 is 9.47 Å². The maximum atomic E-state index is 5.75. The van der Waals surface area contributed by atoms with E-state index in [9.17, 15) is 0 Å². The van der Waals surface area contributed by atoms with Gasteiger partial charge in [-0.2, -0.15) is 4.98 Å². The van der Waals surface area contributed by atoms with Gasteiger partial charge in [0.2, 0.25) is 5.88 Å². The lowest BCUT2D eigenvalue weighted by Crippen LogP contribution is -2.25. The van der Waals surface area contributed by atoms with E-state index in [1.807, 2.05) is 27.0 Å². The van der Waals surface area contributed by atoms with Crippen molar-refractivity contribution in [2.45, 2.75) is 52.1 Å². The van der Waals surface area contributed by atoms with Gasteiger partial charge in [0.15, 0.2) is 0 Å². The standard InChI is InChI=1S/C15H27N3O2/c1-14(2,3)13-17-11(16-6)10-12(18-13)20-9-8-15(4,5)19-7/h10H,8-9H2,1-7H3,(H,16,17,18). The fourth-order valence-corrected chi connectivity index (χ4v) is 1.47. The molecule has 0 aromatic carbocycles. The molecule has 114 valence electrons. The van der Waals surface area contributed by atoms with Crippen LogP contribution in [0.25, 0.3) is 0 Å². The number of hydrogen-bond donors (Lipinski definition) is 1. The molecule has 1 aromatic rings. The highest BCUT2D eigenvalue weighted by Gasteiger charge is 2.20. The van der Waals surface area contributed by atoms with E-state index in [4.69, 9.17) is 9.47 Å². The Morgan fingerprint density at radius 1 is 1.15 bits per heavy atom. The maximum absolute atomic E-state index is 5.75. The SMILES string of the molecule is CNc1cc(OCCC(C)(C)OC)nc(C(C)(C)C)n1. The smallest absolute Gasteiger partial charge is 0.218 e. The summed E-state index contributed by atoms with van der Waals surface area (Å²) < 4.78 is 11.1. The summed E-state index contributed by atoms with van der Waals surface area (Å²) in [7, 11) is 3.55. The number of nitrogens with zero attached hydrogens (tertiary/aromatic N) is 2. The number of rotatable bonds is 6. The molecule has 0 aliphatic heterocycles. The molecule has 5 heteroatoms. The van der Waals surface area contributed by atoms with Gasteiger partial charge in [0.25, 0.3) is 0 Å². The Kier molecular flexibility index (Phi) is 5.34. The summed E-state index contributed by atoms with van der Waals surface area (Å²) in [4.78, 5) is 8.95. The van der Waals surface area contributed by atoms with Gasteiger partial charge in [0, 0.05) is 32.1 Å². The quantitative estimate of drug-likeness (QED) is 0.868. The van der Waals surface area contributed by atoms with Crippen LogP contribution in [0.15, 0.2) is 6.07 Å². The van der Waals surface area contributed by atoms with E-state index in [1.165, 1.54) is 0 Å². The van der Waals surface area contributed by atoms with Gasteiger partial charge in [-0.3, -0.25) is 0 Å². The highest BCUT2D eigenvalue weighted by molar-refractivity contribution is 5.38. The van der Waals surface area contributed by atoms with Crippen molar-refractivity contribution >= 4 is 5.82 Å². The van der Waals surface area contributed by atoms with Crippen LogP contribution in [0.5, 0.6) is 5.88 Å². The van der Waals surface area contributed by atoms with Gasteiger partial charge in [0.05, 0.1) is 12.2 Å². The molecule has 0 bridgehead atoms. The lowest BCUT2D eigenvalue weighted by atomic mass is 9.96. The Morgan fingerprint density at radius 3 is 2.30 bits per heavy atom. The summed E-state index contributed by atoms with van der Waals surface area (Å²) in [6, 6.07) is 1.81. The van der Waals surface area contributed by atoms with Crippen LogP contribution in [0, 0.1) is 0 Å². The van der Waals surface area contributed by atoms with Gasteiger partial charge in [-0.15, -0.1) is 0 Å². The minimum absolute atomic E-state index is 0.114. The van der Waals surface area contributed by atoms with Gasteiger partial charge >= 0.3 is 0 Å². The second kappa shape index (κ2) is 6.39. The molecule has 0 amide bonds. The average Bonchev–Trinajstić information content (AvgIpc) is 2.37. The summed E-state index contributed by atoms with van der Waals surface area (Å²) in [6.45, 7) is 10.9. The predicted octanol–water partition coefficient (Wildman–Crippen LogP) is 3.01. The van der Waals surface area contributed by atoms with E-state index < -0.39 is 0 Å². The van der Waals surface area contributed by atoms with E-state index in [0.29, 0.717) is 12.5 Å². The summed E-state index contributed by atoms with van der Waals surface area (Å²) in [5.74, 6) is 2.14. The fourth-order valence-electron chi connectivity index (χ4n) is 1.47.